The summed E-state index contributed by atoms with van der Waals surface area (Å²) in [6.45, 7) is 1.75. The van der Waals surface area contributed by atoms with Crippen molar-refractivity contribution in [2.45, 2.75) is 13.0 Å². The highest BCUT2D eigenvalue weighted by Crippen LogP contribution is 2.26. The van der Waals surface area contributed by atoms with Crippen LogP contribution in [-0.4, -0.2) is 16.9 Å². The van der Waals surface area contributed by atoms with Crippen molar-refractivity contribution >= 4 is 29.0 Å². The molecule has 1 amide bonds. The van der Waals surface area contributed by atoms with Crippen molar-refractivity contribution in [3.8, 4) is 17.6 Å². The number of nitriles is 1. The van der Waals surface area contributed by atoms with E-state index >= 15 is 0 Å². The third-order valence-electron chi connectivity index (χ3n) is 3.84. The molecule has 3 rings (SSSR count). The highest BCUT2D eigenvalue weighted by molar-refractivity contribution is 6.30. The van der Waals surface area contributed by atoms with E-state index in [0.717, 1.165) is 5.69 Å². The molecule has 0 bridgehead atoms. The number of pyridine rings is 1. The maximum atomic E-state index is 12.3. The molecule has 1 unspecified atom stereocenters. The minimum Gasteiger partial charge on any atom is -0.456 e. The van der Waals surface area contributed by atoms with Gasteiger partial charge in [-0.25, -0.2) is 4.98 Å². The zero-order chi connectivity index (χ0) is 19.9. The third kappa shape index (κ3) is 5.00. The Morgan fingerprint density at radius 2 is 1.89 bits per heavy atom. The van der Waals surface area contributed by atoms with Crippen molar-refractivity contribution in [1.29, 1.82) is 5.26 Å². The molecular formula is C21H17ClN4O2. The van der Waals surface area contributed by atoms with Crippen LogP contribution in [0.1, 0.15) is 12.5 Å². The zero-order valence-corrected chi connectivity index (χ0v) is 15.8. The smallest absolute Gasteiger partial charge is 0.247 e. The van der Waals surface area contributed by atoms with Crippen molar-refractivity contribution in [3.63, 3.8) is 0 Å². The molecule has 1 atom stereocenters. The number of hydrogen-bond donors (Lipinski definition) is 2. The van der Waals surface area contributed by atoms with Crippen LogP contribution in [0.15, 0.2) is 66.9 Å². The number of carbonyl (C=O) groups is 1. The van der Waals surface area contributed by atoms with E-state index < -0.39 is 6.04 Å². The van der Waals surface area contributed by atoms with Crippen LogP contribution in [0.2, 0.25) is 5.02 Å². The highest BCUT2D eigenvalue weighted by Gasteiger charge is 2.13. The molecule has 0 radical (unpaired) electrons. The van der Waals surface area contributed by atoms with Gasteiger partial charge in [-0.05, 0) is 55.5 Å². The van der Waals surface area contributed by atoms with Gasteiger partial charge < -0.3 is 15.4 Å². The van der Waals surface area contributed by atoms with Crippen LogP contribution in [-0.2, 0) is 4.79 Å². The summed E-state index contributed by atoms with van der Waals surface area (Å²) in [6.07, 6.45) is 1.47. The van der Waals surface area contributed by atoms with E-state index in [0.29, 0.717) is 27.9 Å². The normalized spacial score (nSPS) is 11.2. The molecule has 0 aliphatic rings. The predicted molar refractivity (Wildman–Crippen MR) is 109 cm³/mol. The molecular weight excluding hydrogens is 376 g/mol. The summed E-state index contributed by atoms with van der Waals surface area (Å²) in [5.41, 5.74) is 1.22. The van der Waals surface area contributed by atoms with E-state index in [1.807, 2.05) is 6.07 Å². The summed E-state index contributed by atoms with van der Waals surface area (Å²) < 4.78 is 5.75. The maximum absolute atomic E-state index is 12.3. The lowest BCUT2D eigenvalue weighted by Gasteiger charge is -2.15. The monoisotopic (exact) mass is 392 g/mol. The minimum atomic E-state index is -0.483. The fourth-order valence-electron chi connectivity index (χ4n) is 2.39. The average molecular weight is 393 g/mol. The summed E-state index contributed by atoms with van der Waals surface area (Å²) in [4.78, 5) is 16.3. The van der Waals surface area contributed by atoms with Gasteiger partial charge >= 0.3 is 0 Å². The number of anilines is 2. The van der Waals surface area contributed by atoms with Crippen molar-refractivity contribution in [2.75, 3.05) is 10.6 Å². The van der Waals surface area contributed by atoms with E-state index in [1.165, 1.54) is 6.20 Å². The molecule has 140 valence electrons. The molecule has 3 aromatic rings. The Hall–Kier alpha value is -3.56. The number of hydrogen-bond acceptors (Lipinski definition) is 5. The summed E-state index contributed by atoms with van der Waals surface area (Å²) in [5, 5.41) is 15.5. The number of amides is 1. The van der Waals surface area contributed by atoms with Crippen molar-refractivity contribution in [3.05, 3.63) is 77.4 Å². The molecule has 6 nitrogen and oxygen atoms in total. The SMILES string of the molecule is CC(Nc1ccc(Oc2ccccc2C#N)cc1)C(=O)Nc1ccc(Cl)cn1. The van der Waals surface area contributed by atoms with E-state index in [-0.39, 0.29) is 5.91 Å². The van der Waals surface area contributed by atoms with Crippen LogP contribution in [0.4, 0.5) is 11.5 Å². The number of ether oxygens (including phenoxy) is 1. The van der Waals surface area contributed by atoms with Gasteiger partial charge in [0.05, 0.1) is 10.6 Å². The van der Waals surface area contributed by atoms with E-state index in [2.05, 4.69) is 21.7 Å². The lowest BCUT2D eigenvalue weighted by Crippen LogP contribution is -2.32. The molecule has 7 heteroatoms. The van der Waals surface area contributed by atoms with Gasteiger partial charge in [0, 0.05) is 11.9 Å². The maximum Gasteiger partial charge on any atom is 0.247 e. The standard InChI is InChI=1S/C21H17ClN4O2/c1-14(21(27)26-20-11-6-16(22)13-24-20)25-17-7-9-18(10-8-17)28-19-5-3-2-4-15(19)12-23/h2-11,13-14,25H,1H3,(H,24,26,27). The molecule has 2 aromatic carbocycles. The van der Waals surface area contributed by atoms with E-state index in [9.17, 15) is 4.79 Å². The second kappa shape index (κ2) is 8.89. The first-order valence-electron chi connectivity index (χ1n) is 8.51. The van der Waals surface area contributed by atoms with Gasteiger partial charge in [-0.3, -0.25) is 4.79 Å². The van der Waals surface area contributed by atoms with Crippen molar-refractivity contribution < 1.29 is 9.53 Å². The Morgan fingerprint density at radius 3 is 2.57 bits per heavy atom. The average Bonchev–Trinajstić information content (AvgIpc) is 2.71. The van der Waals surface area contributed by atoms with Gasteiger partial charge in [-0.2, -0.15) is 5.26 Å². The van der Waals surface area contributed by atoms with Gasteiger partial charge in [0.2, 0.25) is 5.91 Å². The van der Waals surface area contributed by atoms with Gasteiger partial charge in [0.25, 0.3) is 0 Å². The highest BCUT2D eigenvalue weighted by atomic mass is 35.5. The van der Waals surface area contributed by atoms with Crippen LogP contribution >= 0.6 is 11.6 Å². The van der Waals surface area contributed by atoms with Crippen LogP contribution in [0.5, 0.6) is 11.5 Å². The molecule has 0 fully saturated rings. The van der Waals surface area contributed by atoms with Crippen molar-refractivity contribution in [1.82, 2.24) is 4.98 Å². The van der Waals surface area contributed by atoms with Crippen LogP contribution in [0.25, 0.3) is 0 Å². The topological polar surface area (TPSA) is 87.0 Å². The Balaban J connectivity index is 1.59. The number of benzene rings is 2. The lowest BCUT2D eigenvalue weighted by molar-refractivity contribution is -0.116. The molecule has 0 saturated carbocycles. The largest absolute Gasteiger partial charge is 0.456 e. The molecule has 1 heterocycles. The lowest BCUT2D eigenvalue weighted by atomic mass is 10.2. The van der Waals surface area contributed by atoms with Crippen LogP contribution in [0, 0.1) is 11.3 Å². The van der Waals surface area contributed by atoms with Gasteiger partial charge in [-0.1, -0.05) is 23.7 Å². The number of rotatable bonds is 6. The van der Waals surface area contributed by atoms with Crippen LogP contribution in [0.3, 0.4) is 0 Å². The summed E-state index contributed by atoms with van der Waals surface area (Å²) in [5.74, 6) is 1.30. The number of nitrogens with one attached hydrogen (secondary N) is 2. The number of halogens is 1. The Labute approximate surface area is 167 Å². The molecule has 0 aliphatic heterocycles. The van der Waals surface area contributed by atoms with Gasteiger partial charge in [0.15, 0.2) is 0 Å². The first-order chi connectivity index (χ1) is 13.5. The molecule has 0 aliphatic carbocycles. The number of carbonyl (C=O) groups excluding carboxylic acids is 1. The molecule has 0 saturated heterocycles. The van der Waals surface area contributed by atoms with E-state index in [1.54, 1.807) is 61.5 Å². The summed E-state index contributed by atoms with van der Waals surface area (Å²) >= 11 is 5.79. The van der Waals surface area contributed by atoms with Gasteiger partial charge in [0.1, 0.15) is 29.4 Å². The molecule has 0 spiro atoms. The zero-order valence-electron chi connectivity index (χ0n) is 15.0. The van der Waals surface area contributed by atoms with Crippen molar-refractivity contribution in [2.24, 2.45) is 0 Å². The molecule has 2 N–H and O–H groups in total. The Morgan fingerprint density at radius 1 is 1.14 bits per heavy atom. The summed E-state index contributed by atoms with van der Waals surface area (Å²) in [7, 11) is 0. The number of aromatic nitrogens is 1. The Bertz CT molecular complexity index is 998. The molecule has 1 aromatic heterocycles. The second-order valence-corrected chi connectivity index (χ2v) is 6.39. The number of para-hydroxylation sites is 1. The number of nitrogens with zero attached hydrogens (tertiary/aromatic N) is 2. The fraction of sp³-hybridized carbons (Fsp3) is 0.0952. The minimum absolute atomic E-state index is 0.224. The Kier molecular flexibility index (Phi) is 6.10. The second-order valence-electron chi connectivity index (χ2n) is 5.95. The van der Waals surface area contributed by atoms with E-state index in [4.69, 9.17) is 21.6 Å². The fourth-order valence-corrected chi connectivity index (χ4v) is 2.51. The van der Waals surface area contributed by atoms with Crippen LogP contribution < -0.4 is 15.4 Å². The summed E-state index contributed by atoms with van der Waals surface area (Å²) in [6, 6.07) is 19.1. The predicted octanol–water partition coefficient (Wildman–Crippen LogP) is 4.84. The first kappa shape index (κ1) is 19.2. The third-order valence-corrected chi connectivity index (χ3v) is 4.07. The van der Waals surface area contributed by atoms with Gasteiger partial charge in [-0.15, -0.1) is 0 Å². The quantitative estimate of drug-likeness (QED) is 0.626. The first-order valence-corrected chi connectivity index (χ1v) is 8.89. The molecule has 28 heavy (non-hydrogen) atoms.